The summed E-state index contributed by atoms with van der Waals surface area (Å²) in [7, 11) is 0. The summed E-state index contributed by atoms with van der Waals surface area (Å²) >= 11 is 0. The Bertz CT molecular complexity index is 1620. The van der Waals surface area contributed by atoms with Gasteiger partial charge in [-0.3, -0.25) is 0 Å². The summed E-state index contributed by atoms with van der Waals surface area (Å²) in [5.74, 6) is 0.800. The van der Waals surface area contributed by atoms with Crippen molar-refractivity contribution in [3.05, 3.63) is 133 Å². The van der Waals surface area contributed by atoms with Crippen molar-refractivity contribution in [3.63, 3.8) is 0 Å². The average Bonchev–Trinajstić information content (AvgIpc) is 3.16. The van der Waals surface area contributed by atoms with Crippen LogP contribution in [0.3, 0.4) is 0 Å². The molecule has 4 rings (SSSR count). The Morgan fingerprint density at radius 3 is 1.12 bits per heavy atom. The number of carbonyl (C=O) groups is 2. The van der Waals surface area contributed by atoms with E-state index in [1.165, 1.54) is 12.2 Å². The van der Waals surface area contributed by atoms with Crippen LogP contribution in [0, 0.1) is 0 Å². The van der Waals surface area contributed by atoms with Crippen molar-refractivity contribution in [3.8, 4) is 33.8 Å². The van der Waals surface area contributed by atoms with E-state index in [-0.39, 0.29) is 0 Å². The summed E-state index contributed by atoms with van der Waals surface area (Å²) in [6.45, 7) is 12.5. The fourth-order valence-corrected chi connectivity index (χ4v) is 4.81. The van der Waals surface area contributed by atoms with Gasteiger partial charge in [0.25, 0.3) is 0 Å². The molecule has 0 heterocycles. The zero-order valence-electron chi connectivity index (χ0n) is 28.8. The smallest absolute Gasteiger partial charge is 0.330 e. The largest absolute Gasteiger partial charge is 0.494 e. The zero-order chi connectivity index (χ0) is 35.6. The van der Waals surface area contributed by atoms with E-state index in [1.54, 1.807) is 0 Å². The molecule has 0 spiro atoms. The molecule has 0 aliphatic rings. The lowest BCUT2D eigenvalue weighted by molar-refractivity contribution is -0.138. The first kappa shape index (κ1) is 37.1. The van der Waals surface area contributed by atoms with E-state index in [4.69, 9.17) is 18.9 Å². The van der Waals surface area contributed by atoms with Crippen LogP contribution >= 0.6 is 0 Å². The Balaban J connectivity index is 1.24. The van der Waals surface area contributed by atoms with E-state index in [0.29, 0.717) is 26.4 Å². The number of unbranched alkanes of at least 4 members (excludes halogenated alkanes) is 2. The highest BCUT2D eigenvalue weighted by Gasteiger charge is 2.05. The number of benzene rings is 4. The van der Waals surface area contributed by atoms with E-state index in [2.05, 4.69) is 71.9 Å². The quantitative estimate of drug-likeness (QED) is 0.0324. The molecule has 0 radical (unpaired) electrons. The SMILES string of the molecule is C=CC(=O)OCCCCOc1ccc(-c2ccc(C(C)=NN=C(C)c3ccc(-c4ccc(OCCCCOC(=O)C=C)cc4)cc3)cc2)cc1. The molecule has 0 unspecified atom stereocenters. The van der Waals surface area contributed by atoms with Crippen molar-refractivity contribution >= 4 is 23.4 Å². The third-order valence-corrected chi connectivity index (χ3v) is 7.77. The first-order chi connectivity index (χ1) is 24.4. The number of rotatable bonds is 19. The van der Waals surface area contributed by atoms with Crippen molar-refractivity contribution in [1.82, 2.24) is 0 Å². The van der Waals surface area contributed by atoms with E-state index in [0.717, 1.165) is 82.0 Å². The number of hydrogen-bond donors (Lipinski definition) is 0. The summed E-state index contributed by atoms with van der Waals surface area (Å²) in [5, 5.41) is 9.01. The van der Waals surface area contributed by atoms with Gasteiger partial charge in [0, 0.05) is 12.2 Å². The molecule has 0 aliphatic carbocycles. The van der Waals surface area contributed by atoms with Gasteiger partial charge in [-0.25, -0.2) is 9.59 Å². The second-order valence-electron chi connectivity index (χ2n) is 11.4. The Morgan fingerprint density at radius 1 is 0.500 bits per heavy atom. The van der Waals surface area contributed by atoms with Crippen LogP contribution in [-0.4, -0.2) is 49.8 Å². The monoisotopic (exact) mass is 672 g/mol. The first-order valence-corrected chi connectivity index (χ1v) is 16.7. The Kier molecular flexibility index (Phi) is 14.8. The van der Waals surface area contributed by atoms with Gasteiger partial charge >= 0.3 is 11.9 Å². The summed E-state index contributed by atoms with van der Waals surface area (Å²) in [5.41, 5.74) is 8.03. The molecule has 0 N–H and O–H groups in total. The van der Waals surface area contributed by atoms with Crippen LogP contribution in [0.15, 0.2) is 133 Å². The third kappa shape index (κ3) is 12.0. The molecule has 0 aromatic heterocycles. The minimum atomic E-state index is -0.401. The van der Waals surface area contributed by atoms with Gasteiger partial charge in [0.05, 0.1) is 37.9 Å². The molecule has 0 atom stereocenters. The number of nitrogens with zero attached hydrogens (tertiary/aromatic N) is 2. The highest BCUT2D eigenvalue weighted by atomic mass is 16.5. The molecular weight excluding hydrogens is 628 g/mol. The summed E-state index contributed by atoms with van der Waals surface area (Å²) in [6.07, 6.45) is 5.39. The van der Waals surface area contributed by atoms with Crippen LogP contribution < -0.4 is 9.47 Å². The third-order valence-electron chi connectivity index (χ3n) is 7.77. The van der Waals surface area contributed by atoms with Gasteiger partial charge in [0.15, 0.2) is 0 Å². The second kappa shape index (κ2) is 19.9. The van der Waals surface area contributed by atoms with Crippen LogP contribution in [-0.2, 0) is 19.1 Å². The van der Waals surface area contributed by atoms with Gasteiger partial charge in [0.1, 0.15) is 11.5 Å². The van der Waals surface area contributed by atoms with Crippen LogP contribution in [0.1, 0.15) is 50.7 Å². The molecule has 4 aromatic rings. The average molecular weight is 673 g/mol. The molecule has 0 amide bonds. The minimum absolute atomic E-state index is 0.366. The Labute approximate surface area is 294 Å². The van der Waals surface area contributed by atoms with Gasteiger partial charge in [-0.2, -0.15) is 10.2 Å². The molecular formula is C42H44N2O6. The minimum Gasteiger partial charge on any atom is -0.494 e. The molecule has 0 saturated carbocycles. The number of esters is 2. The van der Waals surface area contributed by atoms with E-state index >= 15 is 0 Å². The number of hydrogen-bond acceptors (Lipinski definition) is 8. The molecule has 258 valence electrons. The highest BCUT2D eigenvalue weighted by Crippen LogP contribution is 2.25. The topological polar surface area (TPSA) is 95.8 Å². The second-order valence-corrected chi connectivity index (χ2v) is 11.4. The fourth-order valence-electron chi connectivity index (χ4n) is 4.81. The Hall–Kier alpha value is -5.76. The number of ether oxygens (including phenoxy) is 4. The molecule has 0 fully saturated rings. The van der Waals surface area contributed by atoms with Gasteiger partial charge in [0.2, 0.25) is 0 Å². The lowest BCUT2D eigenvalue weighted by Gasteiger charge is -2.08. The standard InChI is InChI=1S/C42H44N2O6/c1-5-41(45)49-29-9-7-27-47-39-23-19-37(20-24-39)35-15-11-33(12-16-35)31(3)43-44-32(4)34-13-17-36(18-14-34)38-21-25-40(26-22-38)48-28-8-10-30-50-42(46)6-2/h5-6,11-26H,1-2,7-10,27-30H2,3-4H3. The van der Waals surface area contributed by atoms with Crippen molar-refractivity contribution in [2.75, 3.05) is 26.4 Å². The number of carbonyl (C=O) groups excluding carboxylic acids is 2. The van der Waals surface area contributed by atoms with Gasteiger partial charge in [-0.15, -0.1) is 0 Å². The van der Waals surface area contributed by atoms with E-state index in [9.17, 15) is 9.59 Å². The van der Waals surface area contributed by atoms with Crippen LogP contribution in [0.5, 0.6) is 11.5 Å². The first-order valence-electron chi connectivity index (χ1n) is 16.7. The van der Waals surface area contributed by atoms with Crippen molar-refractivity contribution in [2.24, 2.45) is 10.2 Å². The van der Waals surface area contributed by atoms with Crippen molar-refractivity contribution in [1.29, 1.82) is 0 Å². The lowest BCUT2D eigenvalue weighted by atomic mass is 10.0. The van der Waals surface area contributed by atoms with Crippen molar-refractivity contribution in [2.45, 2.75) is 39.5 Å². The highest BCUT2D eigenvalue weighted by molar-refractivity contribution is 6.02. The van der Waals surface area contributed by atoms with Crippen LogP contribution in [0.2, 0.25) is 0 Å². The van der Waals surface area contributed by atoms with Crippen LogP contribution in [0.25, 0.3) is 22.3 Å². The summed E-state index contributed by atoms with van der Waals surface area (Å²) in [4.78, 5) is 22.1. The molecule has 0 saturated heterocycles. The Morgan fingerprint density at radius 2 is 0.800 bits per heavy atom. The van der Waals surface area contributed by atoms with Gasteiger partial charge < -0.3 is 18.9 Å². The molecule has 8 nitrogen and oxygen atoms in total. The van der Waals surface area contributed by atoms with Crippen molar-refractivity contribution < 1.29 is 28.5 Å². The van der Waals surface area contributed by atoms with Gasteiger partial charge in [-0.05, 0) is 97.2 Å². The maximum absolute atomic E-state index is 11.1. The zero-order valence-corrected chi connectivity index (χ0v) is 28.8. The predicted octanol–water partition coefficient (Wildman–Crippen LogP) is 9.03. The lowest BCUT2D eigenvalue weighted by Crippen LogP contribution is -2.04. The van der Waals surface area contributed by atoms with E-state index < -0.39 is 11.9 Å². The normalized spacial score (nSPS) is 11.4. The molecule has 4 aromatic carbocycles. The van der Waals surface area contributed by atoms with E-state index in [1.807, 2.05) is 62.4 Å². The summed E-state index contributed by atoms with van der Waals surface area (Å²) < 4.78 is 21.6. The maximum Gasteiger partial charge on any atom is 0.330 e. The molecule has 50 heavy (non-hydrogen) atoms. The fraction of sp³-hybridized carbons (Fsp3) is 0.238. The van der Waals surface area contributed by atoms with Gasteiger partial charge in [-0.1, -0.05) is 86.0 Å². The molecule has 0 aliphatic heterocycles. The summed E-state index contributed by atoms with van der Waals surface area (Å²) in [6, 6.07) is 32.5. The predicted molar refractivity (Wildman–Crippen MR) is 200 cm³/mol. The molecule has 8 heteroatoms. The van der Waals surface area contributed by atoms with Crippen LogP contribution in [0.4, 0.5) is 0 Å². The molecule has 0 bridgehead atoms. The maximum atomic E-state index is 11.1.